The standard InChI is InChI=1S/C38H32FN3O4S/c1-2-35(38(45)40-28-20-22-31(23-21-28)46-30-16-7-4-8-17-30)47-32-18-11-15-29(25-32)41-37(44)34(24-27-14-9-10-19-33(27)39)42-36(43)26-12-5-3-6-13-26/h3-25,35H,2H2,1H3,(H,40,45)(H,41,44)(H,42,43)/b34-24-. The summed E-state index contributed by atoms with van der Waals surface area (Å²) in [6.07, 6.45) is 1.85. The van der Waals surface area contributed by atoms with Gasteiger partial charge in [0.05, 0.1) is 5.25 Å². The van der Waals surface area contributed by atoms with Gasteiger partial charge in [0, 0.05) is 27.4 Å². The molecule has 0 heterocycles. The first-order chi connectivity index (χ1) is 22.9. The summed E-state index contributed by atoms with van der Waals surface area (Å²) >= 11 is 1.36. The fraction of sp³-hybridized carbons (Fsp3) is 0.0789. The number of anilines is 2. The van der Waals surface area contributed by atoms with Gasteiger partial charge >= 0.3 is 0 Å². The predicted octanol–water partition coefficient (Wildman–Crippen LogP) is 8.54. The molecule has 0 saturated carbocycles. The zero-order valence-electron chi connectivity index (χ0n) is 25.5. The molecule has 1 atom stereocenters. The number of amides is 3. The van der Waals surface area contributed by atoms with Crippen LogP contribution in [0.3, 0.4) is 0 Å². The Balaban J connectivity index is 1.25. The van der Waals surface area contributed by atoms with E-state index in [2.05, 4.69) is 16.0 Å². The van der Waals surface area contributed by atoms with Crippen LogP contribution in [-0.2, 0) is 9.59 Å². The van der Waals surface area contributed by atoms with Gasteiger partial charge in [-0.3, -0.25) is 14.4 Å². The Morgan fingerprint density at radius 2 is 1.40 bits per heavy atom. The fourth-order valence-electron chi connectivity index (χ4n) is 4.48. The van der Waals surface area contributed by atoms with E-state index in [1.165, 1.54) is 30.0 Å². The van der Waals surface area contributed by atoms with Crippen LogP contribution < -0.4 is 20.7 Å². The molecule has 0 aliphatic heterocycles. The molecule has 0 fully saturated rings. The number of benzene rings is 5. The second-order valence-corrected chi connectivity index (χ2v) is 11.6. The first kappa shape index (κ1) is 32.7. The van der Waals surface area contributed by atoms with Crippen molar-refractivity contribution in [2.24, 2.45) is 0 Å². The Labute approximate surface area is 276 Å². The molecule has 1 unspecified atom stereocenters. The van der Waals surface area contributed by atoms with Crippen molar-refractivity contribution in [2.75, 3.05) is 10.6 Å². The molecule has 0 bridgehead atoms. The lowest BCUT2D eigenvalue weighted by molar-refractivity contribution is -0.116. The van der Waals surface area contributed by atoms with Crippen LogP contribution >= 0.6 is 11.8 Å². The maximum atomic E-state index is 14.5. The number of nitrogens with one attached hydrogen (secondary N) is 3. The maximum absolute atomic E-state index is 14.5. The molecule has 3 N–H and O–H groups in total. The van der Waals surface area contributed by atoms with Crippen molar-refractivity contribution in [2.45, 2.75) is 23.5 Å². The van der Waals surface area contributed by atoms with E-state index < -0.39 is 22.9 Å². The van der Waals surface area contributed by atoms with Crippen LogP contribution in [0.25, 0.3) is 6.08 Å². The molecular weight excluding hydrogens is 614 g/mol. The van der Waals surface area contributed by atoms with Crippen LogP contribution in [0.4, 0.5) is 15.8 Å². The Hall–Kier alpha value is -5.67. The molecular formula is C38H32FN3O4S. The van der Waals surface area contributed by atoms with Crippen molar-refractivity contribution in [1.29, 1.82) is 0 Å². The Morgan fingerprint density at radius 3 is 2.11 bits per heavy atom. The molecule has 5 aromatic carbocycles. The van der Waals surface area contributed by atoms with Crippen molar-refractivity contribution in [3.05, 3.63) is 156 Å². The van der Waals surface area contributed by atoms with Crippen molar-refractivity contribution in [1.82, 2.24) is 5.32 Å². The zero-order valence-corrected chi connectivity index (χ0v) is 26.3. The molecule has 7 nitrogen and oxygen atoms in total. The molecule has 0 aromatic heterocycles. The van der Waals surface area contributed by atoms with Crippen LogP contribution in [0, 0.1) is 5.82 Å². The Bertz CT molecular complexity index is 1870. The smallest absolute Gasteiger partial charge is 0.272 e. The third-order valence-electron chi connectivity index (χ3n) is 6.87. The minimum Gasteiger partial charge on any atom is -0.457 e. The van der Waals surface area contributed by atoms with Crippen molar-refractivity contribution >= 4 is 46.9 Å². The molecule has 5 rings (SSSR count). The average Bonchev–Trinajstić information content (AvgIpc) is 3.09. The normalized spacial score (nSPS) is 11.7. The molecule has 0 aliphatic carbocycles. The molecule has 5 aromatic rings. The van der Waals surface area contributed by atoms with E-state index in [1.807, 2.05) is 43.3 Å². The van der Waals surface area contributed by atoms with Gasteiger partial charge in [-0.1, -0.05) is 67.6 Å². The van der Waals surface area contributed by atoms with Crippen LogP contribution in [0.15, 0.2) is 144 Å². The van der Waals surface area contributed by atoms with Crippen LogP contribution in [-0.4, -0.2) is 23.0 Å². The third kappa shape index (κ3) is 9.42. The molecule has 0 aliphatic rings. The van der Waals surface area contributed by atoms with E-state index in [0.717, 1.165) is 10.6 Å². The number of carbonyl (C=O) groups is 3. The first-order valence-electron chi connectivity index (χ1n) is 14.9. The summed E-state index contributed by atoms with van der Waals surface area (Å²) in [6, 6.07) is 38.0. The number of hydrogen-bond acceptors (Lipinski definition) is 5. The van der Waals surface area contributed by atoms with E-state index in [1.54, 1.807) is 84.9 Å². The van der Waals surface area contributed by atoms with Gasteiger partial charge in [0.25, 0.3) is 11.8 Å². The average molecular weight is 646 g/mol. The number of rotatable bonds is 12. The van der Waals surface area contributed by atoms with Crippen LogP contribution in [0.2, 0.25) is 0 Å². The SMILES string of the molecule is CCC(Sc1cccc(NC(=O)/C(=C/c2ccccc2F)NC(=O)c2ccccc2)c1)C(=O)Nc1ccc(Oc2ccccc2)cc1. The highest BCUT2D eigenvalue weighted by molar-refractivity contribution is 8.00. The van der Waals surface area contributed by atoms with Gasteiger partial charge in [-0.2, -0.15) is 0 Å². The minimum atomic E-state index is -0.635. The molecule has 0 radical (unpaired) electrons. The van der Waals surface area contributed by atoms with E-state index >= 15 is 0 Å². The van der Waals surface area contributed by atoms with E-state index in [9.17, 15) is 18.8 Å². The molecule has 236 valence electrons. The highest BCUT2D eigenvalue weighted by Crippen LogP contribution is 2.29. The highest BCUT2D eigenvalue weighted by atomic mass is 32.2. The van der Waals surface area contributed by atoms with E-state index in [-0.39, 0.29) is 17.2 Å². The topological polar surface area (TPSA) is 96.5 Å². The van der Waals surface area contributed by atoms with Gasteiger partial charge in [-0.25, -0.2) is 4.39 Å². The zero-order chi connectivity index (χ0) is 33.0. The third-order valence-corrected chi connectivity index (χ3v) is 8.23. The number of ether oxygens (including phenoxy) is 1. The van der Waals surface area contributed by atoms with Gasteiger partial charge in [-0.15, -0.1) is 11.8 Å². The second-order valence-electron chi connectivity index (χ2n) is 10.3. The van der Waals surface area contributed by atoms with Gasteiger partial charge < -0.3 is 20.7 Å². The van der Waals surface area contributed by atoms with Gasteiger partial charge in [0.2, 0.25) is 5.91 Å². The Morgan fingerprint density at radius 1 is 0.745 bits per heavy atom. The number of para-hydroxylation sites is 1. The molecule has 9 heteroatoms. The van der Waals surface area contributed by atoms with E-state index in [0.29, 0.717) is 29.1 Å². The van der Waals surface area contributed by atoms with Crippen molar-refractivity contribution < 1.29 is 23.5 Å². The highest BCUT2D eigenvalue weighted by Gasteiger charge is 2.20. The second kappa shape index (κ2) is 16.1. The van der Waals surface area contributed by atoms with Crippen LogP contribution in [0.5, 0.6) is 11.5 Å². The van der Waals surface area contributed by atoms with Gasteiger partial charge in [0.1, 0.15) is 23.0 Å². The van der Waals surface area contributed by atoms with Crippen molar-refractivity contribution in [3.63, 3.8) is 0 Å². The number of thioether (sulfide) groups is 1. The summed E-state index contributed by atoms with van der Waals surface area (Å²) in [6.45, 7) is 1.93. The summed E-state index contributed by atoms with van der Waals surface area (Å²) in [5, 5.41) is 7.96. The largest absolute Gasteiger partial charge is 0.457 e. The lowest BCUT2D eigenvalue weighted by Crippen LogP contribution is -2.30. The summed E-state index contributed by atoms with van der Waals surface area (Å²) in [7, 11) is 0. The van der Waals surface area contributed by atoms with Crippen molar-refractivity contribution in [3.8, 4) is 11.5 Å². The molecule has 3 amide bonds. The van der Waals surface area contributed by atoms with Gasteiger partial charge in [0.15, 0.2) is 0 Å². The van der Waals surface area contributed by atoms with E-state index in [4.69, 9.17) is 4.74 Å². The predicted molar refractivity (Wildman–Crippen MR) is 185 cm³/mol. The quantitative estimate of drug-likeness (QED) is 0.0934. The summed E-state index contributed by atoms with van der Waals surface area (Å²) in [5.74, 6) is -0.472. The van der Waals surface area contributed by atoms with Crippen LogP contribution in [0.1, 0.15) is 29.3 Å². The summed E-state index contributed by atoms with van der Waals surface area (Å²) < 4.78 is 20.3. The lowest BCUT2D eigenvalue weighted by Gasteiger charge is -2.16. The molecule has 47 heavy (non-hydrogen) atoms. The number of hydrogen-bond donors (Lipinski definition) is 3. The first-order valence-corrected chi connectivity index (χ1v) is 15.8. The fourth-order valence-corrected chi connectivity index (χ4v) is 5.49. The summed E-state index contributed by atoms with van der Waals surface area (Å²) in [5.41, 5.74) is 1.44. The Kier molecular flexibility index (Phi) is 11.2. The van der Waals surface area contributed by atoms with Gasteiger partial charge in [-0.05, 0) is 85.3 Å². The minimum absolute atomic E-state index is 0.131. The number of halogens is 1. The monoisotopic (exact) mass is 645 g/mol. The molecule has 0 spiro atoms. The maximum Gasteiger partial charge on any atom is 0.272 e. The number of carbonyl (C=O) groups excluding carboxylic acids is 3. The summed E-state index contributed by atoms with van der Waals surface area (Å²) in [4.78, 5) is 40.3. The molecule has 0 saturated heterocycles. The lowest BCUT2D eigenvalue weighted by atomic mass is 10.1.